The molecule has 12 aromatic rings. The van der Waals surface area contributed by atoms with E-state index in [1.54, 1.807) is 0 Å². The van der Waals surface area contributed by atoms with Crippen molar-refractivity contribution >= 4 is 75.3 Å². The number of aromatic nitrogens is 4. The van der Waals surface area contributed by atoms with Crippen LogP contribution in [0.5, 0.6) is 0 Å². The van der Waals surface area contributed by atoms with Crippen LogP contribution in [0.15, 0.2) is 186 Å². The fourth-order valence-corrected chi connectivity index (χ4v) is 9.65. The Bertz CT molecular complexity index is 3540. The first kappa shape index (κ1) is 31.9. The van der Waals surface area contributed by atoms with Crippen molar-refractivity contribution in [3.05, 3.63) is 182 Å². The lowest BCUT2D eigenvalue weighted by molar-refractivity contribution is 0.669. The number of hydrogen-bond donors (Lipinski definition) is 0. The molecule has 0 saturated carbocycles. The van der Waals surface area contributed by atoms with Crippen LogP contribution >= 0.6 is 11.3 Å². The summed E-state index contributed by atoms with van der Waals surface area (Å²) in [6.45, 7) is 0. The average molecular weight is 747 g/mol. The van der Waals surface area contributed by atoms with E-state index in [9.17, 15) is 0 Å². The van der Waals surface area contributed by atoms with E-state index in [1.165, 1.54) is 42.1 Å². The predicted octanol–water partition coefficient (Wildman–Crippen LogP) is 13.9. The normalized spacial score (nSPS) is 11.9. The van der Waals surface area contributed by atoms with Gasteiger partial charge in [0.25, 0.3) is 0 Å². The summed E-state index contributed by atoms with van der Waals surface area (Å²) in [6, 6.07) is 63.9. The second-order valence-corrected chi connectivity index (χ2v) is 15.4. The van der Waals surface area contributed by atoms with Crippen LogP contribution in [0, 0.1) is 0 Å². The molecule has 0 N–H and O–H groups in total. The van der Waals surface area contributed by atoms with Crippen LogP contribution in [-0.2, 0) is 0 Å². The molecule has 0 radical (unpaired) electrons. The Morgan fingerprint density at radius 3 is 1.95 bits per heavy atom. The Kier molecular flexibility index (Phi) is 7.03. The minimum Gasteiger partial charge on any atom is -0.456 e. The maximum absolute atomic E-state index is 6.27. The van der Waals surface area contributed by atoms with Gasteiger partial charge in [0.05, 0.1) is 11.0 Å². The maximum atomic E-state index is 6.27. The molecule has 0 saturated heterocycles. The number of thiophene rings is 1. The second-order valence-electron chi connectivity index (χ2n) is 14.4. The summed E-state index contributed by atoms with van der Waals surface area (Å²) < 4.78 is 11.2. The third kappa shape index (κ3) is 5.04. The standard InChI is InChI=1S/C51H30N4OS/c1-2-13-31(14-3-1)49-52-50(54-51(53-49)40-21-11-24-44-47(40)38-18-5-8-23-43(38)56-44)33-15-10-16-34(29-33)55-41-22-7-4-17-36(41)37-28-27-32(30-42(37)55)35-20-12-26-46-48(35)39-19-6-9-25-45(39)57-46/h1-30H. The van der Waals surface area contributed by atoms with Crippen molar-refractivity contribution in [1.29, 1.82) is 0 Å². The zero-order valence-corrected chi connectivity index (χ0v) is 31.2. The third-order valence-corrected chi connectivity index (χ3v) is 12.2. The highest BCUT2D eigenvalue weighted by atomic mass is 32.1. The van der Waals surface area contributed by atoms with Crippen molar-refractivity contribution in [3.8, 4) is 51.0 Å². The van der Waals surface area contributed by atoms with E-state index in [0.29, 0.717) is 17.5 Å². The van der Waals surface area contributed by atoms with Crippen molar-refractivity contribution < 1.29 is 4.42 Å². The molecule has 4 heterocycles. The molecule has 5 nitrogen and oxygen atoms in total. The third-order valence-electron chi connectivity index (χ3n) is 11.1. The number of hydrogen-bond acceptors (Lipinski definition) is 5. The van der Waals surface area contributed by atoms with Gasteiger partial charge in [-0.2, -0.15) is 0 Å². The predicted molar refractivity (Wildman–Crippen MR) is 236 cm³/mol. The van der Waals surface area contributed by atoms with Crippen LogP contribution in [0.25, 0.3) is 115 Å². The molecule has 6 heteroatoms. The number of furan rings is 1. The van der Waals surface area contributed by atoms with Crippen molar-refractivity contribution in [2.45, 2.75) is 0 Å². The molecule has 0 bridgehead atoms. The zero-order chi connectivity index (χ0) is 37.5. The molecule has 0 aliphatic heterocycles. The summed E-state index contributed by atoms with van der Waals surface area (Å²) >= 11 is 1.85. The molecule has 8 aromatic carbocycles. The molecule has 0 aliphatic rings. The molecule has 0 atom stereocenters. The summed E-state index contributed by atoms with van der Waals surface area (Å²) in [5.41, 5.74) is 10.1. The molecular weight excluding hydrogens is 717 g/mol. The molecule has 0 fully saturated rings. The molecule has 4 aromatic heterocycles. The minimum absolute atomic E-state index is 0.595. The van der Waals surface area contributed by atoms with Gasteiger partial charge in [-0.25, -0.2) is 15.0 Å². The lowest BCUT2D eigenvalue weighted by atomic mass is 9.98. The highest BCUT2D eigenvalue weighted by Gasteiger charge is 2.20. The smallest absolute Gasteiger partial charge is 0.164 e. The fourth-order valence-electron chi connectivity index (χ4n) is 8.52. The summed E-state index contributed by atoms with van der Waals surface area (Å²) in [5, 5.41) is 7.04. The van der Waals surface area contributed by atoms with Gasteiger partial charge in [-0.15, -0.1) is 11.3 Å². The maximum Gasteiger partial charge on any atom is 0.164 e. The van der Waals surface area contributed by atoms with Gasteiger partial charge in [-0.1, -0.05) is 133 Å². The van der Waals surface area contributed by atoms with E-state index in [4.69, 9.17) is 19.4 Å². The molecule has 266 valence electrons. The van der Waals surface area contributed by atoms with E-state index < -0.39 is 0 Å². The van der Waals surface area contributed by atoms with Gasteiger partial charge < -0.3 is 8.98 Å². The Hall–Kier alpha value is -7.41. The first-order chi connectivity index (χ1) is 28.2. The topological polar surface area (TPSA) is 56.7 Å². The zero-order valence-electron chi connectivity index (χ0n) is 30.4. The van der Waals surface area contributed by atoms with Crippen molar-refractivity contribution in [1.82, 2.24) is 19.5 Å². The van der Waals surface area contributed by atoms with Gasteiger partial charge >= 0.3 is 0 Å². The molecule has 0 amide bonds. The molecular formula is C51H30N4OS. The highest BCUT2D eigenvalue weighted by molar-refractivity contribution is 7.25. The molecule has 0 aliphatic carbocycles. The summed E-state index contributed by atoms with van der Waals surface area (Å²) in [6.07, 6.45) is 0. The van der Waals surface area contributed by atoms with Crippen LogP contribution in [-0.4, -0.2) is 19.5 Å². The molecule has 0 unspecified atom stereocenters. The molecule has 57 heavy (non-hydrogen) atoms. The van der Waals surface area contributed by atoms with Gasteiger partial charge in [0.2, 0.25) is 0 Å². The largest absolute Gasteiger partial charge is 0.456 e. The van der Waals surface area contributed by atoms with E-state index >= 15 is 0 Å². The van der Waals surface area contributed by atoms with Crippen LogP contribution in [0.3, 0.4) is 0 Å². The van der Waals surface area contributed by atoms with Crippen LogP contribution < -0.4 is 0 Å². The van der Waals surface area contributed by atoms with E-state index in [0.717, 1.165) is 55.3 Å². The Balaban J connectivity index is 1.06. The first-order valence-corrected chi connectivity index (χ1v) is 19.8. The van der Waals surface area contributed by atoms with E-state index in [-0.39, 0.29) is 0 Å². The van der Waals surface area contributed by atoms with Crippen LogP contribution in [0.2, 0.25) is 0 Å². The van der Waals surface area contributed by atoms with Crippen LogP contribution in [0.4, 0.5) is 0 Å². The number of fused-ring (bicyclic) bond motifs is 9. The van der Waals surface area contributed by atoms with E-state index in [1.807, 2.05) is 72.0 Å². The number of para-hydroxylation sites is 2. The summed E-state index contributed by atoms with van der Waals surface area (Å²) in [5.74, 6) is 1.81. The van der Waals surface area contributed by atoms with Gasteiger partial charge in [0.1, 0.15) is 11.2 Å². The summed E-state index contributed by atoms with van der Waals surface area (Å²) in [7, 11) is 0. The van der Waals surface area contributed by atoms with Crippen molar-refractivity contribution in [3.63, 3.8) is 0 Å². The monoisotopic (exact) mass is 746 g/mol. The SMILES string of the molecule is c1ccc(-c2nc(-c3cccc(-n4c5ccccc5c5ccc(-c6cccc7sc8ccccc8c67)cc54)c3)nc(-c3cccc4oc5ccccc5c34)n2)cc1. The molecule has 12 rings (SSSR count). The lowest BCUT2D eigenvalue weighted by Gasteiger charge is -2.12. The van der Waals surface area contributed by atoms with Crippen molar-refractivity contribution in [2.24, 2.45) is 0 Å². The van der Waals surface area contributed by atoms with Gasteiger partial charge in [-0.05, 0) is 59.7 Å². The molecule has 0 spiro atoms. The van der Waals surface area contributed by atoms with Gasteiger partial charge in [-0.3, -0.25) is 0 Å². The van der Waals surface area contributed by atoms with Crippen molar-refractivity contribution in [2.75, 3.05) is 0 Å². The summed E-state index contributed by atoms with van der Waals surface area (Å²) in [4.78, 5) is 15.4. The van der Waals surface area contributed by atoms with E-state index in [2.05, 4.69) is 126 Å². The van der Waals surface area contributed by atoms with Gasteiger partial charge in [0, 0.05) is 64.1 Å². The highest BCUT2D eigenvalue weighted by Crippen LogP contribution is 2.42. The Labute approximate surface area is 330 Å². The quantitative estimate of drug-likeness (QED) is 0.176. The number of benzene rings is 8. The van der Waals surface area contributed by atoms with Crippen LogP contribution in [0.1, 0.15) is 0 Å². The minimum atomic E-state index is 0.595. The fraction of sp³-hybridized carbons (Fsp3) is 0. The second kappa shape index (κ2) is 12.6. The van der Waals surface area contributed by atoms with Gasteiger partial charge in [0.15, 0.2) is 17.5 Å². The number of nitrogens with zero attached hydrogens (tertiary/aromatic N) is 4. The lowest BCUT2D eigenvalue weighted by Crippen LogP contribution is -2.01. The Morgan fingerprint density at radius 1 is 0.386 bits per heavy atom. The Morgan fingerprint density at radius 2 is 1.04 bits per heavy atom. The average Bonchev–Trinajstić information content (AvgIpc) is 3.96. The first-order valence-electron chi connectivity index (χ1n) is 19.0. The number of rotatable bonds is 5.